The molecule has 3 rings (SSSR count). The van der Waals surface area contributed by atoms with E-state index in [0.29, 0.717) is 5.56 Å². The van der Waals surface area contributed by atoms with Crippen LogP contribution in [0, 0.1) is 35.3 Å². The first kappa shape index (κ1) is 32.2. The van der Waals surface area contributed by atoms with Gasteiger partial charge >= 0.3 is 0 Å². The van der Waals surface area contributed by atoms with Crippen molar-refractivity contribution >= 4 is 0 Å². The minimum absolute atomic E-state index is 0.221. The largest absolute Gasteiger partial charge is 0.205 e. The summed E-state index contributed by atoms with van der Waals surface area (Å²) < 4.78 is 29.5. The Morgan fingerprint density at radius 3 is 1.24 bits per heavy atom. The van der Waals surface area contributed by atoms with Gasteiger partial charge in [0.15, 0.2) is 0 Å². The molecule has 0 spiro atoms. The lowest BCUT2D eigenvalue weighted by atomic mass is 10.0. The molecule has 0 amide bonds. The predicted molar refractivity (Wildman–Crippen MR) is 170 cm³/mol. The maximum Gasteiger partial charge on any atom is 0.143 e. The monoisotopic (exact) mass is 552 g/mol. The van der Waals surface area contributed by atoms with Crippen LogP contribution in [0.2, 0.25) is 0 Å². The zero-order chi connectivity index (χ0) is 29.1. The molecule has 0 saturated carbocycles. The molecule has 0 N–H and O–H groups in total. The van der Waals surface area contributed by atoms with Crippen LogP contribution in [0.15, 0.2) is 60.7 Å². The summed E-state index contributed by atoms with van der Waals surface area (Å²) in [6.45, 7) is 4.48. The Labute approximate surface area is 248 Å². The minimum atomic E-state index is -0.688. The van der Waals surface area contributed by atoms with Gasteiger partial charge in [0, 0.05) is 16.7 Å². The fourth-order valence-corrected chi connectivity index (χ4v) is 4.95. The smallest absolute Gasteiger partial charge is 0.143 e. The molecule has 0 radical (unpaired) electrons. The molecule has 2 heteroatoms. The molecule has 0 fully saturated rings. The van der Waals surface area contributed by atoms with Crippen molar-refractivity contribution in [3.8, 4) is 23.7 Å². The van der Waals surface area contributed by atoms with Gasteiger partial charge in [0.05, 0.1) is 5.56 Å². The predicted octanol–water partition coefficient (Wildman–Crippen LogP) is 11.0. The van der Waals surface area contributed by atoms with E-state index in [1.807, 2.05) is 24.3 Å². The van der Waals surface area contributed by atoms with Gasteiger partial charge in [-0.05, 0) is 73.2 Å². The Kier molecular flexibility index (Phi) is 14.8. The van der Waals surface area contributed by atoms with Crippen LogP contribution >= 0.6 is 0 Å². The standard InChI is InChI=1S/C39H46F2/c1-3-5-7-9-11-13-15-17-32-18-22-34(23-19-32)26-27-36-30-38(40)37(39(41)31-36)29-28-35-24-20-33(21-25-35)16-14-12-10-8-6-4-2/h18-25,30-31H,3-17H2,1-2H3. The molecule has 0 unspecified atom stereocenters. The van der Waals surface area contributed by atoms with E-state index in [1.165, 1.54) is 107 Å². The van der Waals surface area contributed by atoms with Crippen molar-refractivity contribution in [1.82, 2.24) is 0 Å². The van der Waals surface area contributed by atoms with Gasteiger partial charge in [0.2, 0.25) is 0 Å². The van der Waals surface area contributed by atoms with Crippen LogP contribution in [-0.4, -0.2) is 0 Å². The van der Waals surface area contributed by atoms with Crippen molar-refractivity contribution in [2.75, 3.05) is 0 Å². The molecule has 3 aromatic rings. The average molecular weight is 553 g/mol. The third kappa shape index (κ3) is 12.4. The lowest BCUT2D eigenvalue weighted by molar-refractivity contribution is 0.577. The Morgan fingerprint density at radius 2 is 0.805 bits per heavy atom. The van der Waals surface area contributed by atoms with Crippen LogP contribution < -0.4 is 0 Å². The Bertz CT molecular complexity index is 1270. The molecule has 41 heavy (non-hydrogen) atoms. The number of hydrogen-bond acceptors (Lipinski definition) is 0. The van der Waals surface area contributed by atoms with Crippen LogP contribution in [0.5, 0.6) is 0 Å². The highest BCUT2D eigenvalue weighted by atomic mass is 19.1. The second kappa shape index (κ2) is 18.9. The second-order valence-corrected chi connectivity index (χ2v) is 11.1. The first-order valence-corrected chi connectivity index (χ1v) is 15.8. The number of benzene rings is 3. The lowest BCUT2D eigenvalue weighted by Crippen LogP contribution is -1.93. The van der Waals surface area contributed by atoms with E-state index in [0.717, 1.165) is 24.0 Å². The molecular formula is C39H46F2. The van der Waals surface area contributed by atoms with Gasteiger partial charge in [-0.2, -0.15) is 0 Å². The fourth-order valence-electron chi connectivity index (χ4n) is 4.95. The molecular weight excluding hydrogens is 506 g/mol. The molecule has 0 atom stereocenters. The quantitative estimate of drug-likeness (QED) is 0.130. The van der Waals surface area contributed by atoms with E-state index in [1.54, 1.807) is 0 Å². The molecule has 0 aliphatic carbocycles. The van der Waals surface area contributed by atoms with Gasteiger partial charge in [-0.3, -0.25) is 0 Å². The SMILES string of the molecule is CCCCCCCCCc1ccc(C#Cc2cc(F)c(C#Cc3ccc(CCCCCCCC)cc3)c(F)c2)cc1. The van der Waals surface area contributed by atoms with E-state index in [4.69, 9.17) is 0 Å². The molecule has 3 aromatic carbocycles. The van der Waals surface area contributed by atoms with Gasteiger partial charge in [-0.1, -0.05) is 132 Å². The van der Waals surface area contributed by atoms with Gasteiger partial charge in [-0.15, -0.1) is 0 Å². The molecule has 0 bridgehead atoms. The fraction of sp³-hybridized carbons (Fsp3) is 0.436. The molecule has 0 aliphatic rings. The van der Waals surface area contributed by atoms with E-state index >= 15 is 0 Å². The first-order valence-electron chi connectivity index (χ1n) is 15.8. The van der Waals surface area contributed by atoms with Gasteiger partial charge in [-0.25, -0.2) is 8.78 Å². The molecule has 0 nitrogen and oxygen atoms in total. The molecule has 216 valence electrons. The number of halogens is 2. The summed E-state index contributed by atoms with van der Waals surface area (Å²) in [4.78, 5) is 0. The van der Waals surface area contributed by atoms with Crippen molar-refractivity contribution in [3.63, 3.8) is 0 Å². The summed E-state index contributed by atoms with van der Waals surface area (Å²) >= 11 is 0. The van der Waals surface area contributed by atoms with Gasteiger partial charge in [0.1, 0.15) is 11.6 Å². The summed E-state index contributed by atoms with van der Waals surface area (Å²) in [6, 6.07) is 18.7. The van der Waals surface area contributed by atoms with E-state index < -0.39 is 11.6 Å². The zero-order valence-corrected chi connectivity index (χ0v) is 25.1. The van der Waals surface area contributed by atoms with Crippen molar-refractivity contribution in [2.45, 2.75) is 110 Å². The van der Waals surface area contributed by atoms with E-state index in [2.05, 4.69) is 61.8 Å². The Balaban J connectivity index is 1.51. The topological polar surface area (TPSA) is 0 Å². The van der Waals surface area contributed by atoms with Crippen molar-refractivity contribution in [1.29, 1.82) is 0 Å². The van der Waals surface area contributed by atoms with Crippen molar-refractivity contribution in [2.24, 2.45) is 0 Å². The van der Waals surface area contributed by atoms with Crippen molar-refractivity contribution < 1.29 is 8.78 Å². The molecule has 0 heterocycles. The number of aryl methyl sites for hydroxylation is 2. The van der Waals surface area contributed by atoms with E-state index in [9.17, 15) is 8.78 Å². The van der Waals surface area contributed by atoms with Crippen LogP contribution in [0.1, 0.15) is 131 Å². The average Bonchev–Trinajstić information content (AvgIpc) is 2.98. The highest BCUT2D eigenvalue weighted by Crippen LogP contribution is 2.16. The Morgan fingerprint density at radius 1 is 0.439 bits per heavy atom. The minimum Gasteiger partial charge on any atom is -0.205 e. The van der Waals surface area contributed by atoms with Crippen molar-refractivity contribution in [3.05, 3.63) is 106 Å². The summed E-state index contributed by atoms with van der Waals surface area (Å²) in [7, 11) is 0. The highest BCUT2D eigenvalue weighted by Gasteiger charge is 2.08. The molecule has 0 aromatic heterocycles. The maximum atomic E-state index is 14.7. The summed E-state index contributed by atoms with van der Waals surface area (Å²) in [5.74, 6) is 10.1. The summed E-state index contributed by atoms with van der Waals surface area (Å²) in [5.41, 5.74) is 4.23. The third-order valence-corrected chi connectivity index (χ3v) is 7.52. The first-order chi connectivity index (χ1) is 20.1. The van der Waals surface area contributed by atoms with Gasteiger partial charge < -0.3 is 0 Å². The molecule has 0 saturated heterocycles. The van der Waals surface area contributed by atoms with Gasteiger partial charge in [0.25, 0.3) is 0 Å². The third-order valence-electron chi connectivity index (χ3n) is 7.52. The normalized spacial score (nSPS) is 10.5. The van der Waals surface area contributed by atoms with E-state index in [-0.39, 0.29) is 5.56 Å². The maximum absolute atomic E-state index is 14.7. The number of unbranched alkanes of at least 4 members (excludes halogenated alkanes) is 11. The number of hydrogen-bond donors (Lipinski definition) is 0. The summed E-state index contributed by atoms with van der Waals surface area (Å²) in [6.07, 6.45) is 18.9. The molecule has 0 aliphatic heterocycles. The van der Waals surface area contributed by atoms with Crippen LogP contribution in [0.4, 0.5) is 8.78 Å². The zero-order valence-electron chi connectivity index (χ0n) is 25.1. The second-order valence-electron chi connectivity index (χ2n) is 11.1. The highest BCUT2D eigenvalue weighted by molar-refractivity contribution is 5.49. The Hall–Kier alpha value is -3.36. The van der Waals surface area contributed by atoms with Crippen LogP contribution in [-0.2, 0) is 12.8 Å². The number of rotatable bonds is 15. The lowest BCUT2D eigenvalue weighted by Gasteiger charge is -2.03. The van der Waals surface area contributed by atoms with Crippen LogP contribution in [0.25, 0.3) is 0 Å². The summed E-state index contributed by atoms with van der Waals surface area (Å²) in [5, 5.41) is 0. The van der Waals surface area contributed by atoms with Crippen LogP contribution in [0.3, 0.4) is 0 Å².